The van der Waals surface area contributed by atoms with Crippen molar-refractivity contribution in [1.82, 2.24) is 0 Å². The van der Waals surface area contributed by atoms with E-state index in [9.17, 15) is 4.79 Å². The van der Waals surface area contributed by atoms with Gasteiger partial charge in [-0.05, 0) is 49.2 Å². The molecule has 5 nitrogen and oxygen atoms in total. The van der Waals surface area contributed by atoms with Gasteiger partial charge in [-0.1, -0.05) is 56.0 Å². The fourth-order valence-corrected chi connectivity index (χ4v) is 3.54. The van der Waals surface area contributed by atoms with Crippen LogP contribution in [-0.4, -0.2) is 25.3 Å². The number of anilines is 1. The van der Waals surface area contributed by atoms with E-state index in [0.29, 0.717) is 34.4 Å². The zero-order chi connectivity index (χ0) is 21.5. The molecule has 0 bridgehead atoms. The van der Waals surface area contributed by atoms with Crippen molar-refractivity contribution >= 4 is 35.0 Å². The smallest absolute Gasteiger partial charge is 0.280 e. The van der Waals surface area contributed by atoms with Gasteiger partial charge in [0.05, 0.1) is 35.7 Å². The molecule has 0 atom stereocenters. The van der Waals surface area contributed by atoms with Crippen LogP contribution in [0.1, 0.15) is 45.1 Å². The Morgan fingerprint density at radius 1 is 1.13 bits per heavy atom. The highest BCUT2D eigenvalue weighted by molar-refractivity contribution is 6.33. The van der Waals surface area contributed by atoms with Crippen LogP contribution in [0.15, 0.2) is 53.1 Å². The molecule has 1 aliphatic heterocycles. The summed E-state index contributed by atoms with van der Waals surface area (Å²) >= 11 is 6.48. The van der Waals surface area contributed by atoms with E-state index in [4.69, 9.17) is 21.1 Å². The van der Waals surface area contributed by atoms with Crippen LogP contribution in [0.3, 0.4) is 0 Å². The van der Waals surface area contributed by atoms with Crippen molar-refractivity contribution in [2.75, 3.05) is 18.7 Å². The highest BCUT2D eigenvalue weighted by atomic mass is 35.5. The zero-order valence-electron chi connectivity index (χ0n) is 17.7. The summed E-state index contributed by atoms with van der Waals surface area (Å²) < 4.78 is 11.4. The molecule has 2 aromatic rings. The number of hydrazone groups is 1. The Morgan fingerprint density at radius 2 is 1.90 bits per heavy atom. The number of ether oxygens (including phenoxy) is 2. The van der Waals surface area contributed by atoms with E-state index in [1.165, 1.54) is 17.9 Å². The second-order valence-corrected chi connectivity index (χ2v) is 7.55. The van der Waals surface area contributed by atoms with E-state index in [0.717, 1.165) is 24.1 Å². The lowest BCUT2D eigenvalue weighted by atomic mass is 10.1. The Balaban J connectivity index is 1.81. The lowest BCUT2D eigenvalue weighted by Gasteiger charge is -2.14. The zero-order valence-corrected chi connectivity index (χ0v) is 18.4. The van der Waals surface area contributed by atoms with Gasteiger partial charge in [-0.15, -0.1) is 0 Å². The minimum atomic E-state index is -0.176. The van der Waals surface area contributed by atoms with Gasteiger partial charge in [0.25, 0.3) is 5.91 Å². The van der Waals surface area contributed by atoms with Crippen LogP contribution in [0.2, 0.25) is 5.02 Å². The van der Waals surface area contributed by atoms with Crippen LogP contribution in [0.4, 0.5) is 5.69 Å². The molecule has 1 amide bonds. The summed E-state index contributed by atoms with van der Waals surface area (Å²) in [4.78, 5) is 12.9. The fraction of sp³-hybridized carbons (Fsp3) is 0.333. The van der Waals surface area contributed by atoms with Crippen molar-refractivity contribution in [1.29, 1.82) is 0 Å². The molecule has 0 unspecified atom stereocenters. The molecule has 1 heterocycles. The predicted molar refractivity (Wildman–Crippen MR) is 123 cm³/mol. The van der Waals surface area contributed by atoms with Crippen molar-refractivity contribution < 1.29 is 14.3 Å². The lowest BCUT2D eigenvalue weighted by molar-refractivity contribution is -0.114. The number of amides is 1. The van der Waals surface area contributed by atoms with Crippen molar-refractivity contribution in [3.63, 3.8) is 0 Å². The predicted octanol–water partition coefficient (Wildman–Crippen LogP) is 6.11. The number of halogens is 1. The minimum Gasteiger partial charge on any atom is -0.493 e. The van der Waals surface area contributed by atoms with Gasteiger partial charge in [0.2, 0.25) is 0 Å². The van der Waals surface area contributed by atoms with Gasteiger partial charge in [0, 0.05) is 0 Å². The Hall–Kier alpha value is -2.79. The van der Waals surface area contributed by atoms with Crippen LogP contribution in [0.25, 0.3) is 6.08 Å². The molecular weight excluding hydrogens is 400 g/mol. The molecule has 0 spiro atoms. The number of unbranched alkanes of at least 4 members (excludes halogenated alkanes) is 3. The monoisotopic (exact) mass is 426 g/mol. The third-order valence-corrected chi connectivity index (χ3v) is 5.15. The van der Waals surface area contributed by atoms with Crippen LogP contribution < -0.4 is 14.5 Å². The molecule has 1 aliphatic rings. The number of methoxy groups -OCH3 is 1. The highest BCUT2D eigenvalue weighted by Gasteiger charge is 2.28. The molecule has 0 saturated heterocycles. The summed E-state index contributed by atoms with van der Waals surface area (Å²) in [6.45, 7) is 4.58. The summed E-state index contributed by atoms with van der Waals surface area (Å²) in [5, 5.41) is 6.27. The van der Waals surface area contributed by atoms with Gasteiger partial charge < -0.3 is 9.47 Å². The van der Waals surface area contributed by atoms with E-state index in [1.807, 2.05) is 43.3 Å². The largest absolute Gasteiger partial charge is 0.493 e. The van der Waals surface area contributed by atoms with Crippen LogP contribution in [0.5, 0.6) is 11.5 Å². The first-order chi connectivity index (χ1) is 14.5. The molecule has 158 valence electrons. The highest BCUT2D eigenvalue weighted by Crippen LogP contribution is 2.37. The van der Waals surface area contributed by atoms with Crippen LogP contribution in [-0.2, 0) is 4.79 Å². The Bertz CT molecular complexity index is 954. The lowest BCUT2D eigenvalue weighted by Crippen LogP contribution is -2.21. The van der Waals surface area contributed by atoms with E-state index in [1.54, 1.807) is 19.3 Å². The molecule has 0 aromatic heterocycles. The maximum absolute atomic E-state index is 12.9. The molecule has 3 rings (SSSR count). The Labute approximate surface area is 182 Å². The Morgan fingerprint density at radius 3 is 2.60 bits per heavy atom. The molecule has 2 aromatic carbocycles. The first kappa shape index (κ1) is 21.9. The van der Waals surface area contributed by atoms with Crippen LogP contribution in [0, 0.1) is 0 Å². The molecule has 0 radical (unpaired) electrons. The average Bonchev–Trinajstić information content (AvgIpc) is 3.03. The second-order valence-electron chi connectivity index (χ2n) is 7.14. The van der Waals surface area contributed by atoms with Crippen molar-refractivity contribution in [2.45, 2.75) is 39.5 Å². The fourth-order valence-electron chi connectivity index (χ4n) is 3.26. The van der Waals surface area contributed by atoms with Gasteiger partial charge in [-0.3, -0.25) is 4.79 Å². The summed E-state index contributed by atoms with van der Waals surface area (Å²) in [5.41, 5.74) is 2.65. The summed E-state index contributed by atoms with van der Waals surface area (Å²) in [7, 11) is 1.58. The second kappa shape index (κ2) is 10.3. The summed E-state index contributed by atoms with van der Waals surface area (Å²) in [6.07, 6.45) is 6.24. The van der Waals surface area contributed by atoms with Gasteiger partial charge in [0.1, 0.15) is 0 Å². The molecule has 0 saturated carbocycles. The standard InChI is InChI=1S/C24H27ClN2O3/c1-4-5-6-10-13-30-23-21(25)15-18(16-22(23)29-3)14-20-17(2)26-27(24(20)28)19-11-8-7-9-12-19/h7-9,11-12,14-16H,4-6,10,13H2,1-3H3/b20-14-. The quantitative estimate of drug-likeness (QED) is 0.359. The maximum atomic E-state index is 12.9. The number of para-hydroxylation sites is 1. The van der Waals surface area contributed by atoms with Gasteiger partial charge >= 0.3 is 0 Å². The SMILES string of the molecule is CCCCCCOc1c(Cl)cc(/C=C2\C(=O)N(c3ccccc3)N=C2C)cc1OC. The number of rotatable bonds is 9. The molecular formula is C24H27ClN2O3. The minimum absolute atomic E-state index is 0.176. The summed E-state index contributed by atoms with van der Waals surface area (Å²) in [6, 6.07) is 13.0. The first-order valence-electron chi connectivity index (χ1n) is 10.2. The van der Waals surface area contributed by atoms with Crippen LogP contribution >= 0.6 is 11.6 Å². The van der Waals surface area contributed by atoms with Crippen molar-refractivity contribution in [3.05, 3.63) is 58.6 Å². The molecule has 0 aliphatic carbocycles. The van der Waals surface area contributed by atoms with E-state index >= 15 is 0 Å². The van der Waals surface area contributed by atoms with Gasteiger partial charge in [0.15, 0.2) is 11.5 Å². The maximum Gasteiger partial charge on any atom is 0.280 e. The van der Waals surface area contributed by atoms with Gasteiger partial charge in [-0.2, -0.15) is 10.1 Å². The number of hydrogen-bond acceptors (Lipinski definition) is 4. The first-order valence-corrected chi connectivity index (χ1v) is 10.6. The third-order valence-electron chi connectivity index (χ3n) is 4.87. The van der Waals surface area contributed by atoms with E-state index in [2.05, 4.69) is 12.0 Å². The normalized spacial score (nSPS) is 14.9. The van der Waals surface area contributed by atoms with Crippen molar-refractivity contribution in [2.24, 2.45) is 5.10 Å². The average molecular weight is 427 g/mol. The topological polar surface area (TPSA) is 51.1 Å². The number of carbonyl (C=O) groups is 1. The number of carbonyl (C=O) groups excluding carboxylic acids is 1. The Kier molecular flexibility index (Phi) is 7.52. The van der Waals surface area contributed by atoms with E-state index < -0.39 is 0 Å². The molecule has 0 fully saturated rings. The van der Waals surface area contributed by atoms with Crippen molar-refractivity contribution in [3.8, 4) is 11.5 Å². The number of nitrogens with zero attached hydrogens (tertiary/aromatic N) is 2. The third kappa shape index (κ3) is 5.03. The van der Waals surface area contributed by atoms with Gasteiger partial charge in [-0.25, -0.2) is 0 Å². The number of hydrogen-bond donors (Lipinski definition) is 0. The molecule has 6 heteroatoms. The summed E-state index contributed by atoms with van der Waals surface area (Å²) in [5.74, 6) is 0.904. The molecule has 0 N–H and O–H groups in total. The van der Waals surface area contributed by atoms with E-state index in [-0.39, 0.29) is 5.91 Å². The molecule has 30 heavy (non-hydrogen) atoms. The number of benzene rings is 2.